The smallest absolute Gasteiger partial charge is 0.336 e. The third-order valence-electron chi connectivity index (χ3n) is 4.62. The first kappa shape index (κ1) is 28.2. The lowest BCUT2D eigenvalue weighted by Crippen LogP contribution is -2.55. The zero-order valence-corrected chi connectivity index (χ0v) is 19.5. The first-order valence-electron chi connectivity index (χ1n) is 10.7. The molecule has 34 heavy (non-hydrogen) atoms. The van der Waals surface area contributed by atoms with E-state index >= 15 is 0 Å². The molecule has 0 unspecified atom stereocenters. The highest BCUT2D eigenvalue weighted by molar-refractivity contribution is 5.87. The highest BCUT2D eigenvalue weighted by atomic mass is 16.5. The number of hydrogen-bond acceptors (Lipinski definition) is 9. The summed E-state index contributed by atoms with van der Waals surface area (Å²) in [6.45, 7) is 9.08. The number of esters is 2. The molecule has 0 spiro atoms. The Morgan fingerprint density at radius 1 is 0.735 bits per heavy atom. The van der Waals surface area contributed by atoms with Crippen LogP contribution in [0.2, 0.25) is 0 Å². The van der Waals surface area contributed by atoms with Crippen molar-refractivity contribution in [2.24, 2.45) is 0 Å². The summed E-state index contributed by atoms with van der Waals surface area (Å²) >= 11 is 0. The minimum Gasteiger partial charge on any atom is -0.460 e. The van der Waals surface area contributed by atoms with Crippen LogP contribution in [0, 0.1) is 11.5 Å². The molecule has 186 valence electrons. The van der Waals surface area contributed by atoms with Crippen LogP contribution >= 0.6 is 0 Å². The molecule has 0 aliphatic carbocycles. The normalized spacial score (nSPS) is 10.3. The fourth-order valence-electron chi connectivity index (χ4n) is 2.81. The van der Waals surface area contributed by atoms with E-state index in [0.717, 1.165) is 20.1 Å². The van der Waals surface area contributed by atoms with E-state index in [4.69, 9.17) is 14.7 Å². The van der Waals surface area contributed by atoms with Crippen LogP contribution in [0.25, 0.3) is 0 Å². The maximum atomic E-state index is 12.9. The van der Waals surface area contributed by atoms with Crippen molar-refractivity contribution in [1.29, 1.82) is 5.26 Å². The summed E-state index contributed by atoms with van der Waals surface area (Å²) in [6, 6.07) is 0. The Morgan fingerprint density at radius 2 is 1.15 bits per heavy atom. The van der Waals surface area contributed by atoms with Gasteiger partial charge in [-0.2, -0.15) is 5.26 Å². The molecule has 0 bridgehead atoms. The van der Waals surface area contributed by atoms with E-state index in [0.29, 0.717) is 25.9 Å². The molecule has 0 amide bonds. The van der Waals surface area contributed by atoms with Gasteiger partial charge in [0, 0.05) is 17.7 Å². The van der Waals surface area contributed by atoms with Crippen LogP contribution in [0.4, 0.5) is 0 Å². The summed E-state index contributed by atoms with van der Waals surface area (Å²) in [4.78, 5) is 61.7. The Bertz CT molecular complexity index is 1050. The van der Waals surface area contributed by atoms with E-state index in [2.05, 4.69) is 17.9 Å². The van der Waals surface area contributed by atoms with Crippen molar-refractivity contribution in [1.82, 2.24) is 13.7 Å². The second kappa shape index (κ2) is 14.3. The summed E-state index contributed by atoms with van der Waals surface area (Å²) < 4.78 is 17.0. The summed E-state index contributed by atoms with van der Waals surface area (Å²) in [5, 5.41) is 8.35. The average molecular weight is 479 g/mol. The van der Waals surface area contributed by atoms with Crippen LogP contribution < -0.4 is 17.1 Å². The van der Waals surface area contributed by atoms with Crippen molar-refractivity contribution in [3.8, 4) is 6.26 Å². The first-order chi connectivity index (χ1) is 16.1. The molecule has 0 N–H and O–H groups in total. The van der Waals surface area contributed by atoms with Crippen LogP contribution in [0.1, 0.15) is 39.5 Å². The molecule has 0 aliphatic heterocycles. The summed E-state index contributed by atoms with van der Waals surface area (Å²) in [5.74, 6) is -1.34. The lowest BCUT2D eigenvalue weighted by atomic mass is 10.2. The Morgan fingerprint density at radius 3 is 1.56 bits per heavy atom. The lowest BCUT2D eigenvalue weighted by molar-refractivity contribution is -0.140. The second-order valence-corrected chi connectivity index (χ2v) is 7.49. The Kier molecular flexibility index (Phi) is 11.8. The fraction of sp³-hybridized carbons (Fsp3) is 0.545. The zero-order chi connectivity index (χ0) is 25.7. The highest BCUT2D eigenvalue weighted by Crippen LogP contribution is 2.01. The largest absolute Gasteiger partial charge is 0.460 e. The SMILES string of the molecule is C=C(C)C(=O)OCCn1c(=O)n(CCCCCCOC#N)c(=O)n(CCOC(=O)C(=C)C)c1=O. The van der Waals surface area contributed by atoms with Gasteiger partial charge in [-0.1, -0.05) is 19.6 Å². The molecule has 1 aromatic rings. The van der Waals surface area contributed by atoms with Gasteiger partial charge in [-0.05, 0) is 33.1 Å². The predicted molar refractivity (Wildman–Crippen MR) is 121 cm³/mol. The van der Waals surface area contributed by atoms with Crippen molar-refractivity contribution in [3.05, 3.63) is 55.8 Å². The highest BCUT2D eigenvalue weighted by Gasteiger charge is 2.16. The molecule has 1 heterocycles. The number of nitriles is 1. The molecule has 0 saturated carbocycles. The molecule has 12 nitrogen and oxygen atoms in total. The summed E-state index contributed by atoms with van der Waals surface area (Å²) in [6.07, 6.45) is 4.08. The fourth-order valence-corrected chi connectivity index (χ4v) is 2.81. The minimum atomic E-state index is -0.905. The maximum Gasteiger partial charge on any atom is 0.336 e. The number of unbranched alkanes of at least 4 members (excludes halogenated alkanes) is 3. The van der Waals surface area contributed by atoms with Crippen molar-refractivity contribution in [3.63, 3.8) is 0 Å². The van der Waals surface area contributed by atoms with E-state index in [1.54, 1.807) is 6.26 Å². The average Bonchev–Trinajstić information content (AvgIpc) is 2.79. The van der Waals surface area contributed by atoms with E-state index in [1.165, 1.54) is 13.8 Å². The standard InChI is InChI=1S/C22H30N4O8/c1-16(2)18(27)33-13-10-25-20(29)24(9-7-5-6-8-12-32-15-23)21(30)26(22(25)31)11-14-34-19(28)17(3)4/h1,3,5-14H2,2,4H3. The van der Waals surface area contributed by atoms with E-state index in [-0.39, 0.29) is 44.0 Å². The lowest BCUT2D eigenvalue weighted by Gasteiger charge is -2.14. The molecule has 12 heteroatoms. The molecular weight excluding hydrogens is 448 g/mol. The van der Waals surface area contributed by atoms with Crippen LogP contribution in [0.3, 0.4) is 0 Å². The van der Waals surface area contributed by atoms with E-state index in [1.807, 2.05) is 0 Å². The topological polar surface area (TPSA) is 152 Å². The summed E-state index contributed by atoms with van der Waals surface area (Å²) in [7, 11) is 0. The monoisotopic (exact) mass is 478 g/mol. The number of ether oxygens (including phenoxy) is 3. The maximum absolute atomic E-state index is 12.9. The Balaban J connectivity index is 3.08. The Labute approximate surface area is 196 Å². The first-order valence-corrected chi connectivity index (χ1v) is 10.7. The van der Waals surface area contributed by atoms with E-state index < -0.39 is 29.0 Å². The van der Waals surface area contributed by atoms with Gasteiger partial charge in [0.1, 0.15) is 19.8 Å². The third kappa shape index (κ3) is 8.57. The van der Waals surface area contributed by atoms with E-state index in [9.17, 15) is 24.0 Å². The van der Waals surface area contributed by atoms with Gasteiger partial charge in [0.05, 0.1) is 13.1 Å². The molecule has 0 saturated heterocycles. The number of hydrogen-bond donors (Lipinski definition) is 0. The van der Waals surface area contributed by atoms with Crippen LogP contribution in [-0.4, -0.2) is 45.5 Å². The number of aromatic nitrogens is 3. The van der Waals surface area contributed by atoms with Gasteiger partial charge < -0.3 is 14.2 Å². The molecule has 1 aromatic heterocycles. The van der Waals surface area contributed by atoms with Crippen LogP contribution in [-0.2, 0) is 43.4 Å². The van der Waals surface area contributed by atoms with Gasteiger partial charge in [-0.25, -0.2) is 37.7 Å². The van der Waals surface area contributed by atoms with Crippen molar-refractivity contribution in [2.45, 2.75) is 59.2 Å². The second-order valence-electron chi connectivity index (χ2n) is 7.49. The van der Waals surface area contributed by atoms with Crippen LogP contribution in [0.15, 0.2) is 38.7 Å². The van der Waals surface area contributed by atoms with Crippen molar-refractivity contribution in [2.75, 3.05) is 19.8 Å². The van der Waals surface area contributed by atoms with Crippen molar-refractivity contribution >= 4 is 11.9 Å². The van der Waals surface area contributed by atoms with Gasteiger partial charge in [0.25, 0.3) is 6.26 Å². The number of nitrogens with zero attached hydrogens (tertiary/aromatic N) is 4. The van der Waals surface area contributed by atoms with Crippen LogP contribution in [0.5, 0.6) is 0 Å². The molecule has 1 rings (SSSR count). The molecular formula is C22H30N4O8. The van der Waals surface area contributed by atoms with Gasteiger partial charge in [0.15, 0.2) is 0 Å². The van der Waals surface area contributed by atoms with Gasteiger partial charge in [-0.15, -0.1) is 0 Å². The van der Waals surface area contributed by atoms with Gasteiger partial charge >= 0.3 is 29.0 Å². The van der Waals surface area contributed by atoms with Gasteiger partial charge in [-0.3, -0.25) is 0 Å². The number of carbonyl (C=O) groups excluding carboxylic acids is 2. The quantitative estimate of drug-likeness (QED) is 0.152. The summed E-state index contributed by atoms with van der Waals surface area (Å²) in [5.41, 5.74) is -2.24. The Hall–Kier alpha value is -3.88. The molecule has 0 atom stereocenters. The number of carbonyl (C=O) groups is 2. The van der Waals surface area contributed by atoms with Crippen molar-refractivity contribution < 1.29 is 23.8 Å². The molecule has 0 fully saturated rings. The molecule has 0 aromatic carbocycles. The predicted octanol–water partition coefficient (Wildman–Crippen LogP) is 0.468. The zero-order valence-electron chi connectivity index (χ0n) is 19.5. The molecule has 0 radical (unpaired) electrons. The minimum absolute atomic E-state index is 0.0498. The number of rotatable bonds is 15. The molecule has 0 aliphatic rings. The third-order valence-corrected chi connectivity index (χ3v) is 4.62. The van der Waals surface area contributed by atoms with Gasteiger partial charge in [0.2, 0.25) is 0 Å².